The Morgan fingerprint density at radius 3 is 2.37 bits per heavy atom. The Hall–Kier alpha value is -0.960. The molecule has 0 spiro atoms. The Bertz CT molecular complexity index is 858. The number of benzene rings is 1. The number of hydrogen-bond acceptors (Lipinski definition) is 0. The molecular weight excluding hydrogens is 458 g/mol. The molecule has 0 saturated carbocycles. The van der Waals surface area contributed by atoms with Crippen LogP contribution < -0.4 is 0 Å². The highest BCUT2D eigenvalue weighted by molar-refractivity contribution is 7.62. The van der Waals surface area contributed by atoms with E-state index in [1.165, 1.54) is 50.0 Å². The van der Waals surface area contributed by atoms with Crippen molar-refractivity contribution in [2.24, 2.45) is 17.8 Å². The Kier molecular flexibility index (Phi) is 13.8. The summed E-state index contributed by atoms with van der Waals surface area (Å²) in [6.07, 6.45) is 21.8. The molecule has 4 atom stereocenters. The fourth-order valence-electron chi connectivity index (χ4n) is 5.12. The first-order chi connectivity index (χ1) is 16.7. The monoisotopic (exact) mass is 510 g/mol. The van der Waals surface area contributed by atoms with Gasteiger partial charge in [0.1, 0.15) is 0 Å². The molecule has 0 heterocycles. The summed E-state index contributed by atoms with van der Waals surface area (Å²) >= 11 is 0. The predicted molar refractivity (Wildman–Crippen MR) is 165 cm³/mol. The van der Waals surface area contributed by atoms with Crippen molar-refractivity contribution in [1.82, 2.24) is 0 Å². The normalized spacial score (nSPS) is 18.2. The molecule has 2 rings (SSSR count). The third-order valence-electron chi connectivity index (χ3n) is 7.39. The van der Waals surface area contributed by atoms with E-state index < -0.39 is 0 Å². The Morgan fingerprint density at radius 1 is 1.00 bits per heavy atom. The summed E-state index contributed by atoms with van der Waals surface area (Å²) in [6.45, 7) is 21.1. The molecule has 0 bridgehead atoms. The molecule has 1 aliphatic carbocycles. The van der Waals surface area contributed by atoms with E-state index in [9.17, 15) is 0 Å². The summed E-state index contributed by atoms with van der Waals surface area (Å²) in [7, 11) is -0.323. The van der Waals surface area contributed by atoms with E-state index in [4.69, 9.17) is 0 Å². The van der Waals surface area contributed by atoms with E-state index in [2.05, 4.69) is 109 Å². The third-order valence-corrected chi connectivity index (χ3v) is 12.5. The maximum Gasteiger partial charge on any atom is -0.00327 e. The minimum Gasteiger partial charge on any atom is -0.0984 e. The fraction of sp³-hybridized carbons (Fsp3) is 0.576. The van der Waals surface area contributed by atoms with Crippen molar-refractivity contribution >= 4 is 15.8 Å². The van der Waals surface area contributed by atoms with E-state index in [-0.39, 0.29) is 15.8 Å². The van der Waals surface area contributed by atoms with Crippen molar-refractivity contribution in [3.05, 3.63) is 83.0 Å². The lowest BCUT2D eigenvalue weighted by Gasteiger charge is -2.33. The van der Waals surface area contributed by atoms with Gasteiger partial charge in [-0.25, -0.2) is 0 Å². The van der Waals surface area contributed by atoms with Crippen LogP contribution in [0.15, 0.2) is 71.9 Å². The molecule has 0 nitrogen and oxygen atoms in total. The van der Waals surface area contributed by atoms with E-state index in [0.29, 0.717) is 11.8 Å². The molecular formula is C33H52P2. The second kappa shape index (κ2) is 16.0. The molecule has 0 amide bonds. The molecule has 0 aliphatic heterocycles. The Morgan fingerprint density at radius 2 is 1.71 bits per heavy atom. The van der Waals surface area contributed by atoms with Crippen molar-refractivity contribution in [2.75, 3.05) is 13.3 Å². The first-order valence-electron chi connectivity index (χ1n) is 13.9. The molecule has 1 aromatic carbocycles. The fourth-order valence-corrected chi connectivity index (χ4v) is 9.52. The summed E-state index contributed by atoms with van der Waals surface area (Å²) in [5, 5.41) is 3.21. The van der Waals surface area contributed by atoms with Gasteiger partial charge in [-0.15, -0.1) is 0 Å². The molecule has 194 valence electrons. The molecule has 0 radical (unpaired) electrons. The van der Waals surface area contributed by atoms with Crippen molar-refractivity contribution in [3.8, 4) is 0 Å². The highest BCUT2D eigenvalue weighted by atomic mass is 31.1. The van der Waals surface area contributed by atoms with E-state index in [1.54, 1.807) is 16.4 Å². The standard InChI is InChI=1S/C33H52P2/c1-9-31(22-20-26(2)3)34(7)25-30-17-15-14-16-29(30)24-28(6)33(23-21-27(4)5)35(8)32-18-12-10-11-13-19-32/h9-10,12,14-18,22,26-28,33H,1,11,13,19-21,23-25H2,2-8H3. The summed E-state index contributed by atoms with van der Waals surface area (Å²) < 4.78 is 0. The number of allylic oxidation sites excluding steroid dienone is 7. The molecule has 35 heavy (non-hydrogen) atoms. The zero-order chi connectivity index (χ0) is 25.8. The van der Waals surface area contributed by atoms with Crippen LogP contribution in [0.4, 0.5) is 0 Å². The molecule has 1 aliphatic rings. The van der Waals surface area contributed by atoms with Gasteiger partial charge >= 0.3 is 0 Å². The van der Waals surface area contributed by atoms with Crippen molar-refractivity contribution in [3.63, 3.8) is 0 Å². The van der Waals surface area contributed by atoms with E-state index >= 15 is 0 Å². The maximum atomic E-state index is 4.14. The second-order valence-electron chi connectivity index (χ2n) is 11.4. The van der Waals surface area contributed by atoms with Gasteiger partial charge in [-0.05, 0) is 103 Å². The van der Waals surface area contributed by atoms with Crippen molar-refractivity contribution < 1.29 is 0 Å². The first kappa shape index (κ1) is 30.3. The van der Waals surface area contributed by atoms with Crippen LogP contribution in [-0.4, -0.2) is 19.0 Å². The largest absolute Gasteiger partial charge is 0.0984 e. The molecule has 1 aromatic rings. The summed E-state index contributed by atoms with van der Waals surface area (Å²) in [4.78, 5) is 0. The lowest BCUT2D eigenvalue weighted by Crippen LogP contribution is -2.20. The van der Waals surface area contributed by atoms with Crippen LogP contribution in [0.2, 0.25) is 0 Å². The van der Waals surface area contributed by atoms with Crippen LogP contribution in [-0.2, 0) is 12.6 Å². The highest BCUT2D eigenvalue weighted by Crippen LogP contribution is 2.54. The van der Waals surface area contributed by atoms with Crippen molar-refractivity contribution in [2.45, 2.75) is 91.4 Å². The van der Waals surface area contributed by atoms with Gasteiger partial charge in [0.05, 0.1) is 0 Å². The summed E-state index contributed by atoms with van der Waals surface area (Å²) in [5.41, 5.74) is 3.94. The van der Waals surface area contributed by atoms with Gasteiger partial charge in [-0.2, -0.15) is 0 Å². The molecule has 0 saturated heterocycles. The van der Waals surface area contributed by atoms with Gasteiger partial charge in [-0.1, -0.05) is 118 Å². The van der Waals surface area contributed by atoms with Gasteiger partial charge < -0.3 is 0 Å². The third kappa shape index (κ3) is 10.5. The molecule has 2 heteroatoms. The average Bonchev–Trinajstić information content (AvgIpc) is 3.10. The highest BCUT2D eigenvalue weighted by Gasteiger charge is 2.27. The van der Waals surface area contributed by atoms with Crippen LogP contribution in [0.1, 0.15) is 84.3 Å². The minimum atomic E-state index is -0.218. The number of hydrogen-bond donors (Lipinski definition) is 0. The average molecular weight is 511 g/mol. The van der Waals surface area contributed by atoms with Crippen LogP contribution in [0, 0.1) is 17.8 Å². The predicted octanol–water partition coefficient (Wildman–Crippen LogP) is 11.1. The van der Waals surface area contributed by atoms with Crippen LogP contribution in [0.5, 0.6) is 0 Å². The lowest BCUT2D eigenvalue weighted by atomic mass is 9.91. The smallest absolute Gasteiger partial charge is 0.00327 e. The van der Waals surface area contributed by atoms with Gasteiger partial charge in [0, 0.05) is 0 Å². The topological polar surface area (TPSA) is 0 Å². The maximum absolute atomic E-state index is 4.14. The molecule has 0 fully saturated rings. The molecule has 0 N–H and O–H groups in total. The van der Waals surface area contributed by atoms with Gasteiger partial charge in [0.25, 0.3) is 0 Å². The zero-order valence-electron chi connectivity index (χ0n) is 23.8. The Labute approximate surface area is 221 Å². The number of rotatable bonds is 14. The lowest BCUT2D eigenvalue weighted by molar-refractivity contribution is 0.463. The van der Waals surface area contributed by atoms with Crippen LogP contribution in [0.25, 0.3) is 0 Å². The SMILES string of the molecule is C=CC(=CCC(C)C)P(C)Cc1ccccc1CC(C)C(CCC(C)C)P(C)C1=CC=CCCC1. The minimum absolute atomic E-state index is 0.104. The molecule has 0 aromatic heterocycles. The quantitative estimate of drug-likeness (QED) is 0.172. The van der Waals surface area contributed by atoms with Crippen molar-refractivity contribution in [1.29, 1.82) is 0 Å². The molecule has 4 unspecified atom stereocenters. The Balaban J connectivity index is 2.21. The zero-order valence-corrected chi connectivity index (χ0v) is 25.6. The van der Waals surface area contributed by atoms with Crippen LogP contribution >= 0.6 is 15.8 Å². The van der Waals surface area contributed by atoms with Crippen LogP contribution in [0.3, 0.4) is 0 Å². The second-order valence-corrected chi connectivity index (χ2v) is 16.1. The van der Waals surface area contributed by atoms with Gasteiger partial charge in [0.2, 0.25) is 0 Å². The van der Waals surface area contributed by atoms with E-state index in [1.807, 2.05) is 0 Å². The van der Waals surface area contributed by atoms with Gasteiger partial charge in [0.15, 0.2) is 0 Å². The van der Waals surface area contributed by atoms with Gasteiger partial charge in [-0.3, -0.25) is 0 Å². The summed E-state index contributed by atoms with van der Waals surface area (Å²) in [5.74, 6) is 2.19. The first-order valence-corrected chi connectivity index (χ1v) is 17.7. The van der Waals surface area contributed by atoms with E-state index in [0.717, 1.165) is 18.0 Å². The summed E-state index contributed by atoms with van der Waals surface area (Å²) in [6, 6.07) is 9.29.